The van der Waals surface area contributed by atoms with Crippen LogP contribution < -0.4 is 10.1 Å². The Morgan fingerprint density at radius 3 is 2.80 bits per heavy atom. The van der Waals surface area contributed by atoms with Crippen LogP contribution in [0.25, 0.3) is 0 Å². The smallest absolute Gasteiger partial charge is 0.224 e. The molecular formula is C32H41FN2O5. The minimum atomic E-state index is -0.523. The van der Waals surface area contributed by atoms with Gasteiger partial charge in [0, 0.05) is 36.9 Å². The van der Waals surface area contributed by atoms with E-state index in [1.165, 1.54) is 11.6 Å². The molecule has 7 nitrogen and oxygen atoms in total. The van der Waals surface area contributed by atoms with Crippen molar-refractivity contribution in [3.05, 3.63) is 53.3 Å². The second-order valence-electron chi connectivity index (χ2n) is 12.4. The molecule has 8 heteroatoms. The molecule has 0 bridgehead atoms. The van der Waals surface area contributed by atoms with E-state index in [-0.39, 0.29) is 40.9 Å². The maximum atomic E-state index is 15.2. The van der Waals surface area contributed by atoms with Gasteiger partial charge in [0.05, 0.1) is 25.0 Å². The summed E-state index contributed by atoms with van der Waals surface area (Å²) in [6.07, 6.45) is 4.81. The maximum Gasteiger partial charge on any atom is 0.224 e. The van der Waals surface area contributed by atoms with Crippen LogP contribution in [-0.2, 0) is 16.0 Å². The molecular weight excluding hydrogens is 511 g/mol. The van der Waals surface area contributed by atoms with E-state index in [1.807, 2.05) is 12.1 Å². The van der Waals surface area contributed by atoms with Crippen molar-refractivity contribution in [2.75, 3.05) is 38.2 Å². The van der Waals surface area contributed by atoms with E-state index in [1.54, 1.807) is 18.2 Å². The van der Waals surface area contributed by atoms with Crippen molar-refractivity contribution in [2.24, 2.45) is 17.3 Å². The number of hydrogen-bond acceptors (Lipinski definition) is 6. The summed E-state index contributed by atoms with van der Waals surface area (Å²) < 4.78 is 27.1. The number of halogens is 1. The van der Waals surface area contributed by atoms with Crippen molar-refractivity contribution in [1.29, 1.82) is 0 Å². The number of morpholine rings is 1. The molecule has 216 valence electrons. The number of rotatable bonds is 7. The number of carbonyl (C=O) groups is 1. The van der Waals surface area contributed by atoms with Gasteiger partial charge in [-0.25, -0.2) is 4.39 Å². The highest BCUT2D eigenvalue weighted by atomic mass is 19.1. The van der Waals surface area contributed by atoms with Gasteiger partial charge in [-0.3, -0.25) is 9.69 Å². The number of ether oxygens (including phenoxy) is 2. The van der Waals surface area contributed by atoms with Gasteiger partial charge in [-0.1, -0.05) is 13.0 Å². The van der Waals surface area contributed by atoms with Crippen LogP contribution in [0.2, 0.25) is 0 Å². The first-order chi connectivity index (χ1) is 19.3. The lowest BCUT2D eigenvalue weighted by atomic mass is 9.54. The standard InChI is InChI=1S/C32H41FN2O5/c1-32-19-28(31-23-8-5-21(36)17-20(23)4-7-24(31)25(32)9-11-29(32)37)40-22-6-10-27(26(33)18-22)34-30(38)3-2-12-35-13-15-39-16-14-35/h5-6,8,10,17-18,24-25,28-29,31,36-37H,2-4,7,9,11-16,19H2,1H3,(H,34,38)/t24-,25-,28-,29-,31+,32-/m0/s1. The van der Waals surface area contributed by atoms with Crippen molar-refractivity contribution in [3.63, 3.8) is 0 Å². The molecule has 2 saturated carbocycles. The third-order valence-corrected chi connectivity index (χ3v) is 10.1. The molecule has 2 aromatic carbocycles. The lowest BCUT2D eigenvalue weighted by Crippen LogP contribution is -2.51. The van der Waals surface area contributed by atoms with E-state index in [0.29, 0.717) is 36.8 Å². The summed E-state index contributed by atoms with van der Waals surface area (Å²) in [7, 11) is 0. The minimum absolute atomic E-state index is 0.113. The predicted octanol–water partition coefficient (Wildman–Crippen LogP) is 4.86. The number of anilines is 1. The Balaban J connectivity index is 1.16. The number of phenolic OH excluding ortho intramolecular Hbond substituents is 1. The molecule has 3 fully saturated rings. The summed E-state index contributed by atoms with van der Waals surface area (Å²) in [5.74, 6) is 0.851. The molecule has 1 aliphatic heterocycles. The number of aromatic hydroxyl groups is 1. The monoisotopic (exact) mass is 552 g/mol. The Labute approximate surface area is 235 Å². The Morgan fingerprint density at radius 1 is 1.18 bits per heavy atom. The molecule has 1 heterocycles. The second-order valence-corrected chi connectivity index (χ2v) is 12.4. The number of carbonyl (C=O) groups excluding carboxylic acids is 1. The fourth-order valence-electron chi connectivity index (χ4n) is 8.05. The summed E-state index contributed by atoms with van der Waals surface area (Å²) in [6, 6.07) is 10.3. The van der Waals surface area contributed by atoms with Gasteiger partial charge < -0.3 is 25.0 Å². The highest BCUT2D eigenvalue weighted by Crippen LogP contribution is 2.61. The van der Waals surface area contributed by atoms with E-state index in [9.17, 15) is 15.0 Å². The van der Waals surface area contributed by atoms with Gasteiger partial charge >= 0.3 is 0 Å². The van der Waals surface area contributed by atoms with E-state index in [2.05, 4.69) is 17.1 Å². The molecule has 1 saturated heterocycles. The zero-order valence-corrected chi connectivity index (χ0v) is 23.3. The van der Waals surface area contributed by atoms with Crippen molar-refractivity contribution in [1.82, 2.24) is 4.90 Å². The molecule has 2 aromatic rings. The van der Waals surface area contributed by atoms with E-state index in [4.69, 9.17) is 9.47 Å². The number of benzene rings is 2. The molecule has 3 aliphatic carbocycles. The van der Waals surface area contributed by atoms with Gasteiger partial charge in [-0.2, -0.15) is 0 Å². The van der Waals surface area contributed by atoms with E-state index in [0.717, 1.165) is 64.1 Å². The average molecular weight is 553 g/mol. The van der Waals surface area contributed by atoms with E-state index >= 15 is 4.39 Å². The lowest BCUT2D eigenvalue weighted by molar-refractivity contribution is -0.116. The Hall–Kier alpha value is -2.68. The van der Waals surface area contributed by atoms with Crippen LogP contribution in [0, 0.1) is 23.1 Å². The molecule has 40 heavy (non-hydrogen) atoms. The highest BCUT2D eigenvalue weighted by molar-refractivity contribution is 5.90. The number of aliphatic hydroxyl groups is 1. The van der Waals surface area contributed by atoms with Gasteiger partial charge in [0.25, 0.3) is 0 Å². The van der Waals surface area contributed by atoms with Crippen LogP contribution in [0.5, 0.6) is 11.5 Å². The Bertz CT molecular complexity index is 1230. The summed E-state index contributed by atoms with van der Waals surface area (Å²) in [5, 5.41) is 23.8. The van der Waals surface area contributed by atoms with E-state index < -0.39 is 5.82 Å². The van der Waals surface area contributed by atoms with Gasteiger partial charge in [0.1, 0.15) is 23.4 Å². The number of aryl methyl sites for hydroxylation is 1. The second kappa shape index (κ2) is 11.3. The van der Waals surface area contributed by atoms with Crippen LogP contribution >= 0.6 is 0 Å². The van der Waals surface area contributed by atoms with Crippen LogP contribution in [0.1, 0.15) is 62.5 Å². The minimum Gasteiger partial charge on any atom is -0.508 e. The number of aliphatic hydroxyl groups excluding tert-OH is 1. The molecule has 0 spiro atoms. The molecule has 6 rings (SSSR count). The molecule has 3 N–H and O–H groups in total. The number of nitrogens with one attached hydrogen (secondary N) is 1. The zero-order valence-electron chi connectivity index (χ0n) is 23.3. The number of fused-ring (bicyclic) bond motifs is 5. The number of phenols is 1. The number of nitrogens with zero attached hydrogens (tertiary/aromatic N) is 1. The predicted molar refractivity (Wildman–Crippen MR) is 150 cm³/mol. The van der Waals surface area contributed by atoms with Gasteiger partial charge in [-0.05, 0) is 92.3 Å². The first kappa shape index (κ1) is 27.5. The van der Waals surface area contributed by atoms with Crippen molar-refractivity contribution in [2.45, 2.75) is 70.0 Å². The van der Waals surface area contributed by atoms with Crippen LogP contribution in [0.4, 0.5) is 10.1 Å². The first-order valence-electron chi connectivity index (χ1n) is 14.9. The number of amides is 1. The molecule has 0 radical (unpaired) electrons. The fourth-order valence-corrected chi connectivity index (χ4v) is 8.05. The van der Waals surface area contributed by atoms with Crippen LogP contribution in [0.3, 0.4) is 0 Å². The van der Waals surface area contributed by atoms with Gasteiger partial charge in [0.15, 0.2) is 0 Å². The third kappa shape index (κ3) is 5.33. The van der Waals surface area contributed by atoms with Crippen LogP contribution in [0.15, 0.2) is 36.4 Å². The van der Waals surface area contributed by atoms with Gasteiger partial charge in [-0.15, -0.1) is 0 Å². The quantitative estimate of drug-likeness (QED) is 0.455. The third-order valence-electron chi connectivity index (χ3n) is 10.1. The maximum absolute atomic E-state index is 15.2. The van der Waals surface area contributed by atoms with Gasteiger partial charge in [0.2, 0.25) is 5.91 Å². The summed E-state index contributed by atoms with van der Waals surface area (Å²) in [5.41, 5.74) is 2.26. The van der Waals surface area contributed by atoms with Crippen molar-refractivity contribution < 1.29 is 28.9 Å². The van der Waals surface area contributed by atoms with Crippen molar-refractivity contribution >= 4 is 11.6 Å². The first-order valence-corrected chi connectivity index (χ1v) is 14.9. The Morgan fingerprint density at radius 2 is 2.00 bits per heavy atom. The SMILES string of the molecule is C[C@]12C[C@H](Oc3ccc(NC(=O)CCCN4CCOCC4)c(F)c3)[C@@H]3c4ccc(O)cc4CC[C@H]3[C@@H]1CC[C@@H]2O. The molecule has 0 unspecified atom stereocenters. The topological polar surface area (TPSA) is 91.3 Å². The highest BCUT2D eigenvalue weighted by Gasteiger charge is 2.58. The Kier molecular flexibility index (Phi) is 7.77. The molecule has 4 aliphatic rings. The molecule has 1 amide bonds. The fraction of sp³-hybridized carbons (Fsp3) is 0.594. The zero-order chi connectivity index (χ0) is 27.9. The summed E-state index contributed by atoms with van der Waals surface area (Å²) in [6.45, 7) is 6.23. The molecule has 6 atom stereocenters. The van der Waals surface area contributed by atoms with Crippen LogP contribution in [-0.4, -0.2) is 66.1 Å². The summed E-state index contributed by atoms with van der Waals surface area (Å²) in [4.78, 5) is 14.8. The normalized spacial score (nSPS) is 31.6. The summed E-state index contributed by atoms with van der Waals surface area (Å²) >= 11 is 0. The molecule has 0 aromatic heterocycles. The number of hydrogen-bond donors (Lipinski definition) is 3. The average Bonchev–Trinajstić information content (AvgIpc) is 3.24. The van der Waals surface area contributed by atoms with Crippen molar-refractivity contribution in [3.8, 4) is 11.5 Å². The largest absolute Gasteiger partial charge is 0.508 e. The lowest BCUT2D eigenvalue weighted by Gasteiger charge is -2.53.